The van der Waals surface area contributed by atoms with Crippen LogP contribution in [0.15, 0.2) is 60.7 Å². The van der Waals surface area contributed by atoms with Crippen LogP contribution in [0.1, 0.15) is 52.7 Å². The molecule has 2 aromatic carbocycles. The zero-order valence-electron chi connectivity index (χ0n) is 22.4. The Hall–Kier alpha value is -1.79. The van der Waals surface area contributed by atoms with Crippen molar-refractivity contribution < 1.29 is 14.3 Å². The minimum Gasteiger partial charge on any atom is -0.416 e. The standard InChI is InChI=1S/C29H45NO3Si/c1-22(21-33-34(7,8)29(4,5)6)27(31)23(2)28(32)24(3)30(19-25-15-11-9-12-16-25)20-26-17-13-10-14-18-26/h9-18,22-24,27,31H,19-21H2,1-8H3/t22-,23-,24-,27-/m0/s1. The molecule has 0 aromatic heterocycles. The Labute approximate surface area is 208 Å². The summed E-state index contributed by atoms with van der Waals surface area (Å²) < 4.78 is 6.33. The van der Waals surface area contributed by atoms with Gasteiger partial charge in [0, 0.05) is 31.5 Å². The highest BCUT2D eigenvalue weighted by atomic mass is 28.4. The van der Waals surface area contributed by atoms with Crippen molar-refractivity contribution in [2.75, 3.05) is 6.61 Å². The Bertz CT molecular complexity index is 838. The molecule has 2 rings (SSSR count). The summed E-state index contributed by atoms with van der Waals surface area (Å²) >= 11 is 0. The van der Waals surface area contributed by atoms with Gasteiger partial charge in [-0.2, -0.15) is 0 Å². The summed E-state index contributed by atoms with van der Waals surface area (Å²) in [6, 6.07) is 20.2. The first-order chi connectivity index (χ1) is 15.8. The number of rotatable bonds is 12. The van der Waals surface area contributed by atoms with Gasteiger partial charge in [0.2, 0.25) is 0 Å². The summed E-state index contributed by atoms with van der Waals surface area (Å²) in [6.07, 6.45) is -0.741. The first kappa shape index (κ1) is 28.4. The van der Waals surface area contributed by atoms with Crippen molar-refractivity contribution >= 4 is 14.1 Å². The Morgan fingerprint density at radius 1 is 0.912 bits per heavy atom. The smallest absolute Gasteiger partial charge is 0.191 e. The van der Waals surface area contributed by atoms with Crippen molar-refractivity contribution in [1.29, 1.82) is 0 Å². The van der Waals surface area contributed by atoms with E-state index in [1.807, 2.05) is 57.2 Å². The quantitative estimate of drug-likeness (QED) is 0.360. The predicted octanol–water partition coefficient (Wildman–Crippen LogP) is 6.30. The number of Topliss-reactive ketones (excluding diaryl/α,β-unsaturated/α-hetero) is 1. The van der Waals surface area contributed by atoms with Crippen molar-refractivity contribution in [3.8, 4) is 0 Å². The van der Waals surface area contributed by atoms with Crippen LogP contribution >= 0.6 is 0 Å². The first-order valence-corrected chi connectivity index (χ1v) is 15.4. The van der Waals surface area contributed by atoms with Crippen LogP contribution in [0.5, 0.6) is 0 Å². The molecule has 0 radical (unpaired) electrons. The average Bonchev–Trinajstić information content (AvgIpc) is 2.80. The van der Waals surface area contributed by atoms with Gasteiger partial charge in [-0.05, 0) is 36.2 Å². The van der Waals surface area contributed by atoms with E-state index in [1.54, 1.807) is 0 Å². The summed E-state index contributed by atoms with van der Waals surface area (Å²) in [5.74, 6) is -0.516. The van der Waals surface area contributed by atoms with E-state index < -0.39 is 20.3 Å². The summed E-state index contributed by atoms with van der Waals surface area (Å²) in [5, 5.41) is 11.2. The highest BCUT2D eigenvalue weighted by molar-refractivity contribution is 6.74. The second kappa shape index (κ2) is 12.3. The number of hydrogen-bond donors (Lipinski definition) is 1. The van der Waals surface area contributed by atoms with Crippen LogP contribution in [0.3, 0.4) is 0 Å². The summed E-state index contributed by atoms with van der Waals surface area (Å²) in [5.41, 5.74) is 2.34. The number of carbonyl (C=O) groups is 1. The third-order valence-electron chi connectivity index (χ3n) is 7.47. The maximum atomic E-state index is 13.5. The summed E-state index contributed by atoms with van der Waals surface area (Å²) in [4.78, 5) is 15.7. The van der Waals surface area contributed by atoms with Crippen LogP contribution in [0.4, 0.5) is 0 Å². The van der Waals surface area contributed by atoms with E-state index in [9.17, 15) is 9.90 Å². The SMILES string of the molecule is C[C@H](C(=O)[C@H](C)N(Cc1ccccc1)Cc1ccccc1)[C@@H](O)[C@@H](C)CO[Si](C)(C)C(C)(C)C. The Morgan fingerprint density at radius 2 is 1.35 bits per heavy atom. The lowest BCUT2D eigenvalue weighted by Gasteiger charge is -2.38. The number of benzene rings is 2. The molecule has 0 bridgehead atoms. The Morgan fingerprint density at radius 3 is 1.76 bits per heavy atom. The third kappa shape index (κ3) is 7.87. The van der Waals surface area contributed by atoms with E-state index in [-0.39, 0.29) is 22.8 Å². The molecule has 4 nitrogen and oxygen atoms in total. The van der Waals surface area contributed by atoms with Crippen LogP contribution in [-0.4, -0.2) is 42.9 Å². The van der Waals surface area contributed by atoms with Gasteiger partial charge >= 0.3 is 0 Å². The molecule has 0 heterocycles. The first-order valence-electron chi connectivity index (χ1n) is 12.5. The van der Waals surface area contributed by atoms with E-state index in [0.717, 1.165) is 0 Å². The van der Waals surface area contributed by atoms with Gasteiger partial charge in [-0.15, -0.1) is 0 Å². The summed E-state index contributed by atoms with van der Waals surface area (Å²) in [7, 11) is -1.91. The fourth-order valence-electron chi connectivity index (χ4n) is 3.84. The van der Waals surface area contributed by atoms with Crippen LogP contribution in [0.25, 0.3) is 0 Å². The molecule has 0 saturated carbocycles. The summed E-state index contributed by atoms with van der Waals surface area (Å²) in [6.45, 7) is 18.7. The van der Waals surface area contributed by atoms with Crippen molar-refractivity contribution in [2.24, 2.45) is 11.8 Å². The molecule has 0 aliphatic heterocycles. The van der Waals surface area contributed by atoms with Crippen LogP contribution in [0, 0.1) is 11.8 Å². The fraction of sp³-hybridized carbons (Fsp3) is 0.552. The highest BCUT2D eigenvalue weighted by Gasteiger charge is 2.39. The lowest BCUT2D eigenvalue weighted by Crippen LogP contribution is -2.46. The van der Waals surface area contributed by atoms with E-state index >= 15 is 0 Å². The van der Waals surface area contributed by atoms with Gasteiger partial charge in [-0.25, -0.2) is 0 Å². The predicted molar refractivity (Wildman–Crippen MR) is 144 cm³/mol. The Kier molecular flexibility index (Phi) is 10.3. The van der Waals surface area contributed by atoms with Crippen molar-refractivity contribution in [3.05, 3.63) is 71.8 Å². The second-order valence-electron chi connectivity index (χ2n) is 11.3. The molecule has 188 valence electrons. The van der Waals surface area contributed by atoms with Gasteiger partial charge in [-0.1, -0.05) is 95.3 Å². The molecular formula is C29H45NO3Si. The average molecular weight is 484 g/mol. The molecule has 5 heteroatoms. The van der Waals surface area contributed by atoms with Gasteiger partial charge < -0.3 is 9.53 Å². The van der Waals surface area contributed by atoms with E-state index in [0.29, 0.717) is 19.7 Å². The number of aliphatic hydroxyl groups excluding tert-OH is 1. The molecule has 0 fully saturated rings. The third-order valence-corrected chi connectivity index (χ3v) is 12.0. The number of nitrogens with zero attached hydrogens (tertiary/aromatic N) is 1. The molecular weight excluding hydrogens is 438 g/mol. The van der Waals surface area contributed by atoms with E-state index in [1.165, 1.54) is 11.1 Å². The van der Waals surface area contributed by atoms with Gasteiger partial charge in [0.05, 0.1) is 12.1 Å². The number of carbonyl (C=O) groups excluding carboxylic acids is 1. The van der Waals surface area contributed by atoms with Gasteiger partial charge in [-0.3, -0.25) is 9.69 Å². The number of aliphatic hydroxyl groups is 1. The maximum Gasteiger partial charge on any atom is 0.191 e. The molecule has 0 amide bonds. The monoisotopic (exact) mass is 483 g/mol. The topological polar surface area (TPSA) is 49.8 Å². The van der Waals surface area contributed by atoms with Crippen LogP contribution < -0.4 is 0 Å². The Balaban J connectivity index is 2.10. The van der Waals surface area contributed by atoms with Crippen molar-refractivity contribution in [1.82, 2.24) is 4.90 Å². The second-order valence-corrected chi connectivity index (χ2v) is 16.1. The lowest BCUT2D eigenvalue weighted by molar-refractivity contribution is -0.132. The minimum absolute atomic E-state index is 0.0681. The van der Waals surface area contributed by atoms with Gasteiger partial charge in [0.25, 0.3) is 0 Å². The highest BCUT2D eigenvalue weighted by Crippen LogP contribution is 2.37. The molecule has 4 atom stereocenters. The van der Waals surface area contributed by atoms with E-state index in [4.69, 9.17) is 4.43 Å². The molecule has 0 spiro atoms. The molecule has 0 aliphatic carbocycles. The van der Waals surface area contributed by atoms with E-state index in [2.05, 4.69) is 63.0 Å². The zero-order valence-corrected chi connectivity index (χ0v) is 23.4. The normalized spacial score (nSPS) is 16.2. The van der Waals surface area contributed by atoms with Crippen molar-refractivity contribution in [2.45, 2.75) is 84.9 Å². The largest absolute Gasteiger partial charge is 0.416 e. The van der Waals surface area contributed by atoms with Crippen LogP contribution in [-0.2, 0) is 22.3 Å². The van der Waals surface area contributed by atoms with Crippen molar-refractivity contribution in [3.63, 3.8) is 0 Å². The fourth-order valence-corrected chi connectivity index (χ4v) is 4.95. The molecule has 34 heavy (non-hydrogen) atoms. The number of ketones is 1. The zero-order chi connectivity index (χ0) is 25.5. The molecule has 0 unspecified atom stereocenters. The lowest BCUT2D eigenvalue weighted by atomic mass is 9.87. The molecule has 0 saturated heterocycles. The number of hydrogen-bond acceptors (Lipinski definition) is 4. The maximum absolute atomic E-state index is 13.5. The van der Waals surface area contributed by atoms with Gasteiger partial charge in [0.1, 0.15) is 0 Å². The van der Waals surface area contributed by atoms with Gasteiger partial charge in [0.15, 0.2) is 14.1 Å². The minimum atomic E-state index is -1.91. The molecule has 0 aliphatic rings. The molecule has 1 N–H and O–H groups in total. The molecule has 2 aromatic rings. The van der Waals surface area contributed by atoms with Crippen LogP contribution in [0.2, 0.25) is 18.1 Å².